The van der Waals surface area contributed by atoms with Crippen molar-refractivity contribution in [1.82, 2.24) is 15.2 Å². The van der Waals surface area contributed by atoms with Crippen molar-refractivity contribution < 1.29 is 14.3 Å². The quantitative estimate of drug-likeness (QED) is 0.787. The minimum atomic E-state index is -0.347. The molecule has 142 valence electrons. The number of amides is 3. The van der Waals surface area contributed by atoms with Gasteiger partial charge in [0.15, 0.2) is 0 Å². The van der Waals surface area contributed by atoms with E-state index in [1.807, 2.05) is 37.3 Å². The van der Waals surface area contributed by atoms with Gasteiger partial charge in [-0.25, -0.2) is 4.79 Å². The third-order valence-electron chi connectivity index (χ3n) is 4.28. The Morgan fingerprint density at radius 3 is 2.85 bits per heavy atom. The summed E-state index contributed by atoms with van der Waals surface area (Å²) >= 11 is 0. The molecule has 2 aromatic rings. The van der Waals surface area contributed by atoms with Crippen LogP contribution in [-0.4, -0.2) is 41.0 Å². The first-order chi connectivity index (χ1) is 13.2. The largest absolute Gasteiger partial charge is 0.485 e. The van der Waals surface area contributed by atoms with E-state index in [1.54, 1.807) is 23.2 Å². The van der Waals surface area contributed by atoms with Gasteiger partial charge in [-0.05, 0) is 30.7 Å². The van der Waals surface area contributed by atoms with E-state index in [1.165, 1.54) is 0 Å². The van der Waals surface area contributed by atoms with Gasteiger partial charge in [0, 0.05) is 25.7 Å². The molecule has 7 nitrogen and oxygen atoms in total. The molecule has 0 bridgehead atoms. The summed E-state index contributed by atoms with van der Waals surface area (Å²) in [5.74, 6) is 0.648. The number of hydrogen-bond donors (Lipinski definition) is 2. The number of rotatable bonds is 7. The lowest BCUT2D eigenvalue weighted by atomic mass is 10.2. The first-order valence-electron chi connectivity index (χ1n) is 9.12. The molecule has 1 aromatic carbocycles. The number of nitrogens with zero attached hydrogens (tertiary/aromatic N) is 2. The van der Waals surface area contributed by atoms with E-state index in [4.69, 9.17) is 4.74 Å². The molecule has 0 saturated carbocycles. The van der Waals surface area contributed by atoms with Crippen LogP contribution < -0.4 is 15.4 Å². The van der Waals surface area contributed by atoms with E-state index in [0.29, 0.717) is 31.0 Å². The predicted molar refractivity (Wildman–Crippen MR) is 102 cm³/mol. The number of anilines is 1. The van der Waals surface area contributed by atoms with Gasteiger partial charge in [-0.3, -0.25) is 9.78 Å². The molecule has 1 aromatic heterocycles. The fourth-order valence-corrected chi connectivity index (χ4v) is 3.03. The highest BCUT2D eigenvalue weighted by atomic mass is 16.5. The van der Waals surface area contributed by atoms with Crippen molar-refractivity contribution in [3.63, 3.8) is 0 Å². The summed E-state index contributed by atoms with van der Waals surface area (Å²) < 4.78 is 5.79. The molecule has 1 saturated heterocycles. The molecular formula is C20H24N4O3. The minimum absolute atomic E-state index is 0.0845. The van der Waals surface area contributed by atoms with E-state index >= 15 is 0 Å². The Hall–Kier alpha value is -3.09. The van der Waals surface area contributed by atoms with Crippen LogP contribution in [0.15, 0.2) is 48.7 Å². The number of para-hydroxylation sites is 2. The average molecular weight is 368 g/mol. The van der Waals surface area contributed by atoms with Crippen LogP contribution in [0.2, 0.25) is 0 Å². The van der Waals surface area contributed by atoms with E-state index < -0.39 is 0 Å². The van der Waals surface area contributed by atoms with Crippen LogP contribution in [0.4, 0.5) is 10.5 Å². The highest BCUT2D eigenvalue weighted by molar-refractivity contribution is 5.92. The Balaban J connectivity index is 1.56. The lowest BCUT2D eigenvalue weighted by molar-refractivity contribution is -0.127. The molecular weight excluding hydrogens is 344 g/mol. The molecule has 0 unspecified atom stereocenters. The van der Waals surface area contributed by atoms with Gasteiger partial charge in [-0.1, -0.05) is 25.1 Å². The number of carbonyl (C=O) groups is 2. The second kappa shape index (κ2) is 9.02. The fourth-order valence-electron chi connectivity index (χ4n) is 3.03. The molecule has 1 atom stereocenters. The number of aromatic nitrogens is 1. The summed E-state index contributed by atoms with van der Waals surface area (Å²) in [5, 5.41) is 5.68. The van der Waals surface area contributed by atoms with Gasteiger partial charge in [-0.15, -0.1) is 0 Å². The van der Waals surface area contributed by atoms with Gasteiger partial charge in [0.1, 0.15) is 12.4 Å². The summed E-state index contributed by atoms with van der Waals surface area (Å²) in [6.07, 6.45) is 2.96. The van der Waals surface area contributed by atoms with Crippen molar-refractivity contribution in [1.29, 1.82) is 0 Å². The molecule has 3 rings (SSSR count). The summed E-state index contributed by atoms with van der Waals surface area (Å²) in [6.45, 7) is 3.62. The highest BCUT2D eigenvalue weighted by Gasteiger charge is 2.29. The molecule has 2 heterocycles. The third-order valence-corrected chi connectivity index (χ3v) is 4.28. The number of ether oxygens (including phenoxy) is 1. The maximum absolute atomic E-state index is 12.3. The highest BCUT2D eigenvalue weighted by Crippen LogP contribution is 2.24. The van der Waals surface area contributed by atoms with Gasteiger partial charge in [0.2, 0.25) is 5.91 Å². The molecule has 0 spiro atoms. The minimum Gasteiger partial charge on any atom is -0.485 e. The average Bonchev–Trinajstić information content (AvgIpc) is 3.01. The number of pyridine rings is 1. The molecule has 1 aliphatic heterocycles. The number of nitrogens with one attached hydrogen (secondary N) is 2. The Labute approximate surface area is 158 Å². The van der Waals surface area contributed by atoms with Crippen LogP contribution in [0.25, 0.3) is 0 Å². The second-order valence-corrected chi connectivity index (χ2v) is 6.45. The molecule has 0 aliphatic carbocycles. The van der Waals surface area contributed by atoms with Gasteiger partial charge in [0.25, 0.3) is 0 Å². The predicted octanol–water partition coefficient (Wildman–Crippen LogP) is 2.79. The Morgan fingerprint density at radius 2 is 2.07 bits per heavy atom. The Kier molecular flexibility index (Phi) is 6.25. The SMILES string of the molecule is CCCN1C[C@@H](NC(=O)Nc2ccccc2OCc2ccccn2)CC1=O. The molecule has 3 amide bonds. The van der Waals surface area contributed by atoms with Crippen LogP contribution >= 0.6 is 0 Å². The van der Waals surface area contributed by atoms with E-state index in [0.717, 1.165) is 18.7 Å². The monoisotopic (exact) mass is 368 g/mol. The Bertz CT molecular complexity index is 782. The van der Waals surface area contributed by atoms with E-state index in [2.05, 4.69) is 15.6 Å². The molecule has 1 aliphatic rings. The summed E-state index contributed by atoms with van der Waals surface area (Å²) in [6, 6.07) is 12.3. The van der Waals surface area contributed by atoms with Crippen molar-refractivity contribution in [2.45, 2.75) is 32.4 Å². The van der Waals surface area contributed by atoms with E-state index in [-0.39, 0.29) is 18.0 Å². The van der Waals surface area contributed by atoms with Crippen molar-refractivity contribution in [2.24, 2.45) is 0 Å². The smallest absolute Gasteiger partial charge is 0.319 e. The molecule has 1 fully saturated rings. The topological polar surface area (TPSA) is 83.6 Å². The number of benzene rings is 1. The first-order valence-corrected chi connectivity index (χ1v) is 9.12. The third kappa shape index (κ3) is 5.20. The normalized spacial score (nSPS) is 16.3. The number of urea groups is 1. The van der Waals surface area contributed by atoms with Crippen LogP contribution in [-0.2, 0) is 11.4 Å². The van der Waals surface area contributed by atoms with Gasteiger partial charge in [-0.2, -0.15) is 0 Å². The summed E-state index contributed by atoms with van der Waals surface area (Å²) in [4.78, 5) is 30.3. The molecule has 7 heteroatoms. The number of hydrogen-bond acceptors (Lipinski definition) is 4. The molecule has 0 radical (unpaired) electrons. The van der Waals surface area contributed by atoms with Crippen LogP contribution in [0.3, 0.4) is 0 Å². The van der Waals surface area contributed by atoms with Crippen LogP contribution in [0.5, 0.6) is 5.75 Å². The Morgan fingerprint density at radius 1 is 1.26 bits per heavy atom. The standard InChI is InChI=1S/C20H24N4O3/c1-2-11-24-13-16(12-19(24)25)22-20(26)23-17-8-3-4-9-18(17)27-14-15-7-5-6-10-21-15/h3-10,16H,2,11-14H2,1H3,(H2,22,23,26)/t16-/m0/s1. The zero-order valence-electron chi connectivity index (χ0n) is 15.4. The maximum Gasteiger partial charge on any atom is 0.319 e. The van der Waals surface area contributed by atoms with E-state index in [9.17, 15) is 9.59 Å². The van der Waals surface area contributed by atoms with Crippen LogP contribution in [0, 0.1) is 0 Å². The van der Waals surface area contributed by atoms with Crippen molar-refractivity contribution >= 4 is 17.6 Å². The maximum atomic E-state index is 12.3. The van der Waals surface area contributed by atoms with Gasteiger partial charge in [0.05, 0.1) is 17.4 Å². The summed E-state index contributed by atoms with van der Waals surface area (Å²) in [7, 11) is 0. The molecule has 27 heavy (non-hydrogen) atoms. The fraction of sp³-hybridized carbons (Fsp3) is 0.350. The van der Waals surface area contributed by atoms with Gasteiger partial charge < -0.3 is 20.3 Å². The van der Waals surface area contributed by atoms with Crippen LogP contribution in [0.1, 0.15) is 25.5 Å². The second-order valence-electron chi connectivity index (χ2n) is 6.45. The first kappa shape index (κ1) is 18.7. The lowest BCUT2D eigenvalue weighted by Crippen LogP contribution is -2.39. The zero-order valence-corrected chi connectivity index (χ0v) is 15.4. The lowest BCUT2D eigenvalue weighted by Gasteiger charge is -2.17. The number of carbonyl (C=O) groups excluding carboxylic acids is 2. The van der Waals surface area contributed by atoms with Crippen molar-refractivity contribution in [3.8, 4) is 5.75 Å². The van der Waals surface area contributed by atoms with Crippen molar-refractivity contribution in [3.05, 3.63) is 54.4 Å². The zero-order chi connectivity index (χ0) is 19.1. The summed E-state index contributed by atoms with van der Waals surface area (Å²) in [5.41, 5.74) is 1.37. The molecule has 2 N–H and O–H groups in total. The van der Waals surface area contributed by atoms with Gasteiger partial charge >= 0.3 is 6.03 Å². The van der Waals surface area contributed by atoms with Crippen molar-refractivity contribution in [2.75, 3.05) is 18.4 Å². The number of likely N-dealkylation sites (tertiary alicyclic amines) is 1.